The highest BCUT2D eigenvalue weighted by atomic mass is 16.6. The Hall–Kier alpha value is -4.83. The first-order valence-electron chi connectivity index (χ1n) is 13.1. The van der Waals surface area contributed by atoms with Crippen molar-refractivity contribution in [1.29, 1.82) is 0 Å². The lowest BCUT2D eigenvalue weighted by molar-refractivity contribution is -0.384. The molecule has 1 fully saturated rings. The van der Waals surface area contributed by atoms with Crippen LogP contribution in [0.3, 0.4) is 0 Å². The van der Waals surface area contributed by atoms with Crippen molar-refractivity contribution in [2.24, 2.45) is 10.2 Å². The number of hydrogen-bond donors (Lipinski definition) is 0. The van der Waals surface area contributed by atoms with Crippen LogP contribution in [-0.2, 0) is 0 Å². The van der Waals surface area contributed by atoms with E-state index in [4.69, 9.17) is 4.74 Å². The molecule has 204 valence electrons. The third-order valence-electron chi connectivity index (χ3n) is 6.81. The molecule has 10 nitrogen and oxygen atoms in total. The summed E-state index contributed by atoms with van der Waals surface area (Å²) in [6.07, 6.45) is 0. The number of piperazine rings is 1. The molecular formula is C30H30N6O4. The molecule has 10 heteroatoms. The summed E-state index contributed by atoms with van der Waals surface area (Å²) in [6.45, 7) is 5.78. The highest BCUT2D eigenvalue weighted by Crippen LogP contribution is 2.35. The molecule has 0 atom stereocenters. The Labute approximate surface area is 231 Å². The van der Waals surface area contributed by atoms with Gasteiger partial charge in [-0.3, -0.25) is 19.5 Å². The van der Waals surface area contributed by atoms with Crippen molar-refractivity contribution >= 4 is 22.9 Å². The Kier molecular flexibility index (Phi) is 7.97. The van der Waals surface area contributed by atoms with Crippen LogP contribution in [0.1, 0.15) is 6.92 Å². The van der Waals surface area contributed by atoms with Crippen molar-refractivity contribution in [3.63, 3.8) is 0 Å². The molecule has 0 aliphatic carbocycles. The van der Waals surface area contributed by atoms with Crippen LogP contribution in [0.15, 0.2) is 100.0 Å². The molecule has 1 saturated heterocycles. The number of azo groups is 1. The van der Waals surface area contributed by atoms with E-state index in [1.54, 1.807) is 4.57 Å². The standard InChI is InChI=1S/C30H30N6O4/c1-3-40-26-15-9-22(10-16-26)27-21-28(34-19-17-33(2)18-20-34)35(24-7-5-4-6-8-24)30(37)29(27)32-31-23-11-13-25(14-12-23)36(38)39/h4-16,21H,3,17-20H2,1-2H3. The van der Waals surface area contributed by atoms with Crippen molar-refractivity contribution in [2.75, 3.05) is 44.7 Å². The number of nitrogens with zero attached hydrogens (tertiary/aromatic N) is 6. The Morgan fingerprint density at radius 3 is 2.20 bits per heavy atom. The lowest BCUT2D eigenvalue weighted by atomic mass is 10.0. The van der Waals surface area contributed by atoms with Crippen LogP contribution in [-0.4, -0.2) is 54.2 Å². The number of rotatable bonds is 8. The predicted octanol–water partition coefficient (Wildman–Crippen LogP) is 5.98. The van der Waals surface area contributed by atoms with Gasteiger partial charge in [0.25, 0.3) is 11.2 Å². The summed E-state index contributed by atoms with van der Waals surface area (Å²) < 4.78 is 7.31. The van der Waals surface area contributed by atoms with Gasteiger partial charge in [0.15, 0.2) is 5.69 Å². The molecule has 0 N–H and O–H groups in total. The van der Waals surface area contributed by atoms with Crippen molar-refractivity contribution in [3.8, 4) is 22.6 Å². The highest BCUT2D eigenvalue weighted by Gasteiger charge is 2.23. The molecule has 40 heavy (non-hydrogen) atoms. The molecule has 0 bridgehead atoms. The highest BCUT2D eigenvalue weighted by molar-refractivity contribution is 5.79. The maximum atomic E-state index is 14.3. The van der Waals surface area contributed by atoms with Crippen molar-refractivity contribution in [2.45, 2.75) is 6.92 Å². The second-order valence-electron chi connectivity index (χ2n) is 9.46. The average molecular weight is 539 g/mol. The molecule has 0 radical (unpaired) electrons. The van der Waals surface area contributed by atoms with E-state index in [9.17, 15) is 14.9 Å². The Morgan fingerprint density at radius 2 is 1.57 bits per heavy atom. The van der Waals surface area contributed by atoms with Gasteiger partial charge in [0.1, 0.15) is 11.6 Å². The first kappa shape index (κ1) is 26.8. The minimum Gasteiger partial charge on any atom is -0.494 e. The molecule has 1 aliphatic rings. The topological polar surface area (TPSA) is 106 Å². The molecule has 1 aliphatic heterocycles. The summed E-state index contributed by atoms with van der Waals surface area (Å²) in [5.74, 6) is 1.51. The van der Waals surface area contributed by atoms with Gasteiger partial charge in [0.2, 0.25) is 0 Å². The second kappa shape index (κ2) is 11.9. The number of hydrogen-bond acceptors (Lipinski definition) is 8. The van der Waals surface area contributed by atoms with Crippen molar-refractivity contribution < 1.29 is 9.66 Å². The third kappa shape index (κ3) is 5.76. The van der Waals surface area contributed by atoms with Crippen LogP contribution in [0.5, 0.6) is 5.75 Å². The number of likely N-dealkylation sites (N-methyl/N-ethyl adjacent to an activating group) is 1. The van der Waals surface area contributed by atoms with Gasteiger partial charge in [-0.15, -0.1) is 5.11 Å². The second-order valence-corrected chi connectivity index (χ2v) is 9.46. The molecular weight excluding hydrogens is 508 g/mol. The lowest BCUT2D eigenvalue weighted by Crippen LogP contribution is -2.46. The molecule has 1 aromatic heterocycles. The zero-order valence-electron chi connectivity index (χ0n) is 22.4. The van der Waals surface area contributed by atoms with E-state index in [1.807, 2.05) is 67.6 Å². The van der Waals surface area contributed by atoms with Crippen molar-refractivity contribution in [1.82, 2.24) is 9.47 Å². The first-order chi connectivity index (χ1) is 19.4. The molecule has 0 saturated carbocycles. The summed E-state index contributed by atoms with van der Waals surface area (Å²) in [4.78, 5) is 29.4. The number of pyridine rings is 1. The maximum absolute atomic E-state index is 14.3. The normalized spacial score (nSPS) is 14.0. The van der Waals surface area contributed by atoms with E-state index < -0.39 is 4.92 Å². The molecule has 3 aromatic carbocycles. The number of ether oxygens (including phenoxy) is 1. The number of non-ortho nitro benzene ring substituents is 1. The van der Waals surface area contributed by atoms with Gasteiger partial charge in [-0.05, 0) is 62.0 Å². The fourth-order valence-electron chi connectivity index (χ4n) is 4.64. The lowest BCUT2D eigenvalue weighted by Gasteiger charge is -2.35. The van der Waals surface area contributed by atoms with Gasteiger partial charge >= 0.3 is 0 Å². The molecule has 0 spiro atoms. The number of para-hydroxylation sites is 1. The average Bonchev–Trinajstić information content (AvgIpc) is 2.98. The number of nitro benzene ring substituents is 1. The number of aromatic nitrogens is 1. The maximum Gasteiger partial charge on any atom is 0.285 e. The fourth-order valence-corrected chi connectivity index (χ4v) is 4.64. The van der Waals surface area contributed by atoms with E-state index in [2.05, 4.69) is 27.1 Å². The van der Waals surface area contributed by atoms with Crippen LogP contribution in [0.2, 0.25) is 0 Å². The molecule has 2 heterocycles. The number of anilines is 1. The molecule has 4 aromatic rings. The van der Waals surface area contributed by atoms with E-state index >= 15 is 0 Å². The predicted molar refractivity (Wildman–Crippen MR) is 156 cm³/mol. The Balaban J connectivity index is 1.69. The number of nitro groups is 1. The monoisotopic (exact) mass is 538 g/mol. The van der Waals surface area contributed by atoms with E-state index in [0.29, 0.717) is 17.9 Å². The summed E-state index contributed by atoms with van der Waals surface area (Å²) in [5, 5.41) is 19.8. The van der Waals surface area contributed by atoms with Crippen LogP contribution >= 0.6 is 0 Å². The van der Waals surface area contributed by atoms with Crippen molar-refractivity contribution in [3.05, 3.63) is 105 Å². The van der Waals surface area contributed by atoms with Gasteiger partial charge in [-0.25, -0.2) is 0 Å². The third-order valence-corrected chi connectivity index (χ3v) is 6.81. The van der Waals surface area contributed by atoms with Crippen LogP contribution in [0.4, 0.5) is 22.9 Å². The summed E-state index contributed by atoms with van der Waals surface area (Å²) >= 11 is 0. The van der Waals surface area contributed by atoms with Crippen LogP contribution in [0, 0.1) is 10.1 Å². The van der Waals surface area contributed by atoms with Crippen LogP contribution < -0.4 is 15.2 Å². The first-order valence-corrected chi connectivity index (χ1v) is 13.1. The summed E-state index contributed by atoms with van der Waals surface area (Å²) in [6, 6.07) is 24.8. The van der Waals surface area contributed by atoms with Gasteiger partial charge in [-0.2, -0.15) is 5.11 Å². The number of benzene rings is 3. The summed E-state index contributed by atoms with van der Waals surface area (Å²) in [5.41, 5.74) is 2.38. The minimum absolute atomic E-state index is 0.0445. The van der Waals surface area contributed by atoms with E-state index in [0.717, 1.165) is 49.0 Å². The smallest absolute Gasteiger partial charge is 0.285 e. The van der Waals surface area contributed by atoms with E-state index in [-0.39, 0.29) is 16.9 Å². The van der Waals surface area contributed by atoms with E-state index in [1.165, 1.54) is 24.3 Å². The van der Waals surface area contributed by atoms with Gasteiger partial charge in [0.05, 0.1) is 22.9 Å². The minimum atomic E-state index is -0.472. The zero-order chi connectivity index (χ0) is 28.1. The Morgan fingerprint density at radius 1 is 0.900 bits per heavy atom. The molecule has 5 rings (SSSR count). The van der Waals surface area contributed by atoms with Gasteiger partial charge in [-0.1, -0.05) is 30.3 Å². The fraction of sp³-hybridized carbons (Fsp3) is 0.233. The molecule has 0 unspecified atom stereocenters. The largest absolute Gasteiger partial charge is 0.494 e. The Bertz CT molecular complexity index is 1560. The summed E-state index contributed by atoms with van der Waals surface area (Å²) in [7, 11) is 2.09. The van der Waals surface area contributed by atoms with Gasteiger partial charge in [0, 0.05) is 43.9 Å². The zero-order valence-corrected chi connectivity index (χ0v) is 22.4. The SMILES string of the molecule is CCOc1ccc(-c2cc(N3CCN(C)CC3)n(-c3ccccc3)c(=O)c2N=Nc2ccc([N+](=O)[O-])cc2)cc1. The van der Waals surface area contributed by atoms with Crippen LogP contribution in [0.25, 0.3) is 16.8 Å². The van der Waals surface area contributed by atoms with Gasteiger partial charge < -0.3 is 14.5 Å². The quantitative estimate of drug-likeness (QED) is 0.155. The molecule has 0 amide bonds.